The fourth-order valence-corrected chi connectivity index (χ4v) is 1.54. The van der Waals surface area contributed by atoms with Crippen LogP contribution >= 0.6 is 46.4 Å². The Hall–Kier alpha value is 0.600. The Morgan fingerprint density at radius 2 is 1.91 bits per heavy atom. The molecule has 1 rings (SSSR count). The molecule has 0 aromatic carbocycles. The number of hydrogen-bond donors (Lipinski definition) is 1. The fourth-order valence-electron chi connectivity index (χ4n) is 0.651. The van der Waals surface area contributed by atoms with Crippen molar-refractivity contribution in [1.29, 1.82) is 0 Å². The molecule has 1 nitrogen and oxygen atoms in total. The van der Waals surface area contributed by atoms with Gasteiger partial charge in [0.1, 0.15) is 5.38 Å². The van der Waals surface area contributed by atoms with Gasteiger partial charge in [-0.25, -0.2) is 0 Å². The lowest BCUT2D eigenvalue weighted by atomic mass is 10.1. The molecule has 0 aromatic rings. The predicted octanol–water partition coefficient (Wildman–Crippen LogP) is 2.78. The van der Waals surface area contributed by atoms with Gasteiger partial charge < -0.3 is 5.11 Å². The third-order valence-electron chi connectivity index (χ3n) is 1.24. The molecule has 1 aliphatic carbocycles. The average molecular weight is 234 g/mol. The number of allylic oxidation sites excluding steroid dienone is 2. The first-order valence-electron chi connectivity index (χ1n) is 2.75. The molecule has 11 heavy (non-hydrogen) atoms. The molecular weight excluding hydrogens is 230 g/mol. The number of hydrogen-bond acceptors (Lipinski definition) is 1. The van der Waals surface area contributed by atoms with Crippen molar-refractivity contribution in [2.45, 2.75) is 10.4 Å². The quantitative estimate of drug-likeness (QED) is 0.639. The van der Waals surface area contributed by atoms with E-state index in [4.69, 9.17) is 46.4 Å². The van der Waals surface area contributed by atoms with Crippen molar-refractivity contribution >= 4 is 46.4 Å². The molecule has 62 valence electrons. The summed E-state index contributed by atoms with van der Waals surface area (Å²) >= 11 is 22.3. The lowest BCUT2D eigenvalue weighted by molar-refractivity contribution is 0.184. The van der Waals surface area contributed by atoms with Crippen LogP contribution in [0, 0.1) is 0 Å². The second kappa shape index (κ2) is 3.15. The van der Waals surface area contributed by atoms with Gasteiger partial charge in [-0.2, -0.15) is 0 Å². The van der Waals surface area contributed by atoms with Gasteiger partial charge in [-0.3, -0.25) is 0 Å². The van der Waals surface area contributed by atoms with E-state index in [-0.39, 0.29) is 5.03 Å². The SMILES string of the molecule is OC1(Cl)C=C(Cl)C(Cl)=CC1Cl. The van der Waals surface area contributed by atoms with Crippen molar-refractivity contribution in [1.82, 2.24) is 0 Å². The molecule has 0 amide bonds. The van der Waals surface area contributed by atoms with Crippen LogP contribution in [0.25, 0.3) is 0 Å². The zero-order valence-electron chi connectivity index (χ0n) is 5.19. The smallest absolute Gasteiger partial charge is 0.179 e. The number of halogens is 4. The van der Waals surface area contributed by atoms with Gasteiger partial charge in [0.2, 0.25) is 0 Å². The minimum atomic E-state index is -1.63. The first-order valence-corrected chi connectivity index (χ1v) is 4.32. The van der Waals surface area contributed by atoms with E-state index in [0.717, 1.165) is 0 Å². The molecule has 0 spiro atoms. The maximum Gasteiger partial charge on any atom is 0.179 e. The molecule has 0 saturated carbocycles. The van der Waals surface area contributed by atoms with Crippen LogP contribution in [0.5, 0.6) is 0 Å². The van der Waals surface area contributed by atoms with Crippen molar-refractivity contribution in [3.63, 3.8) is 0 Å². The van der Waals surface area contributed by atoms with Crippen LogP contribution < -0.4 is 0 Å². The molecule has 0 saturated heterocycles. The van der Waals surface area contributed by atoms with E-state index in [1.54, 1.807) is 0 Å². The van der Waals surface area contributed by atoms with Gasteiger partial charge in [0.25, 0.3) is 0 Å². The van der Waals surface area contributed by atoms with Gasteiger partial charge in [-0.15, -0.1) is 11.6 Å². The van der Waals surface area contributed by atoms with Crippen LogP contribution in [0.4, 0.5) is 0 Å². The molecule has 5 heteroatoms. The van der Waals surface area contributed by atoms with Crippen LogP contribution in [0.15, 0.2) is 22.2 Å². The van der Waals surface area contributed by atoms with Gasteiger partial charge in [0.15, 0.2) is 5.06 Å². The normalized spacial score (nSPS) is 38.1. The van der Waals surface area contributed by atoms with Crippen molar-refractivity contribution < 1.29 is 5.11 Å². The Balaban J connectivity index is 2.98. The van der Waals surface area contributed by atoms with E-state index >= 15 is 0 Å². The summed E-state index contributed by atoms with van der Waals surface area (Å²) < 4.78 is 0. The summed E-state index contributed by atoms with van der Waals surface area (Å²) in [5, 5.41) is 7.43. The standard InChI is InChI=1S/C6H4Cl4O/c7-3-1-5(9)6(10,11)2-4(3)8/h1-2,5,11H. The Kier molecular flexibility index (Phi) is 2.78. The largest absolute Gasteiger partial charge is 0.370 e. The zero-order valence-corrected chi connectivity index (χ0v) is 8.21. The zero-order chi connectivity index (χ0) is 8.65. The lowest BCUT2D eigenvalue weighted by Crippen LogP contribution is -2.31. The second-order valence-electron chi connectivity index (χ2n) is 2.14. The predicted molar refractivity (Wildman–Crippen MR) is 48.3 cm³/mol. The molecule has 0 heterocycles. The summed E-state index contributed by atoms with van der Waals surface area (Å²) in [6.07, 6.45) is 2.59. The highest BCUT2D eigenvalue weighted by atomic mass is 35.5. The highest BCUT2D eigenvalue weighted by Crippen LogP contribution is 2.35. The minimum Gasteiger partial charge on any atom is -0.370 e. The molecule has 1 aliphatic rings. The first kappa shape index (κ1) is 9.69. The van der Waals surface area contributed by atoms with E-state index < -0.39 is 10.4 Å². The molecule has 0 aliphatic heterocycles. The fraction of sp³-hybridized carbons (Fsp3) is 0.333. The highest BCUT2D eigenvalue weighted by Gasteiger charge is 2.33. The van der Waals surface area contributed by atoms with E-state index in [9.17, 15) is 5.11 Å². The molecule has 0 fully saturated rings. The highest BCUT2D eigenvalue weighted by molar-refractivity contribution is 6.46. The monoisotopic (exact) mass is 232 g/mol. The van der Waals surface area contributed by atoms with Crippen LogP contribution in [-0.4, -0.2) is 15.5 Å². The Morgan fingerprint density at radius 1 is 1.36 bits per heavy atom. The Labute approximate surface area is 84.2 Å². The van der Waals surface area contributed by atoms with Gasteiger partial charge >= 0.3 is 0 Å². The summed E-state index contributed by atoms with van der Waals surface area (Å²) in [5.74, 6) is 0. The number of rotatable bonds is 0. The van der Waals surface area contributed by atoms with Gasteiger partial charge in [0.05, 0.1) is 10.1 Å². The molecule has 0 bridgehead atoms. The van der Waals surface area contributed by atoms with Crippen molar-refractivity contribution in [3.05, 3.63) is 22.2 Å². The molecule has 2 atom stereocenters. The lowest BCUT2D eigenvalue weighted by Gasteiger charge is -2.24. The summed E-state index contributed by atoms with van der Waals surface area (Å²) in [6, 6.07) is 0. The van der Waals surface area contributed by atoms with Crippen LogP contribution in [0.3, 0.4) is 0 Å². The maximum atomic E-state index is 9.30. The number of aliphatic hydroxyl groups is 1. The van der Waals surface area contributed by atoms with Crippen molar-refractivity contribution in [3.8, 4) is 0 Å². The van der Waals surface area contributed by atoms with Gasteiger partial charge in [0, 0.05) is 0 Å². The Bertz CT molecular complexity index is 231. The maximum absolute atomic E-state index is 9.30. The van der Waals surface area contributed by atoms with Crippen molar-refractivity contribution in [2.24, 2.45) is 0 Å². The van der Waals surface area contributed by atoms with E-state index in [2.05, 4.69) is 0 Å². The third kappa shape index (κ3) is 2.04. The summed E-state index contributed by atoms with van der Waals surface area (Å²) in [7, 11) is 0. The third-order valence-corrected chi connectivity index (χ3v) is 2.89. The summed E-state index contributed by atoms with van der Waals surface area (Å²) in [6.45, 7) is 0. The Morgan fingerprint density at radius 3 is 2.36 bits per heavy atom. The topological polar surface area (TPSA) is 20.2 Å². The summed E-state index contributed by atoms with van der Waals surface area (Å²) in [4.78, 5) is 0. The van der Waals surface area contributed by atoms with E-state index in [1.807, 2.05) is 0 Å². The van der Waals surface area contributed by atoms with Crippen LogP contribution in [-0.2, 0) is 0 Å². The van der Waals surface area contributed by atoms with E-state index in [1.165, 1.54) is 12.2 Å². The molecule has 0 aromatic heterocycles. The molecule has 1 N–H and O–H groups in total. The van der Waals surface area contributed by atoms with E-state index in [0.29, 0.717) is 5.03 Å². The molecule has 0 radical (unpaired) electrons. The van der Waals surface area contributed by atoms with Gasteiger partial charge in [-0.05, 0) is 12.2 Å². The summed E-state index contributed by atoms with van der Waals surface area (Å²) in [5.41, 5.74) is 0. The van der Waals surface area contributed by atoms with Crippen molar-refractivity contribution in [2.75, 3.05) is 0 Å². The van der Waals surface area contributed by atoms with Gasteiger partial charge in [-0.1, -0.05) is 34.8 Å². The average Bonchev–Trinajstić information content (AvgIpc) is 1.83. The second-order valence-corrected chi connectivity index (χ2v) is 4.03. The van der Waals surface area contributed by atoms with Crippen LogP contribution in [0.2, 0.25) is 0 Å². The van der Waals surface area contributed by atoms with Crippen LogP contribution in [0.1, 0.15) is 0 Å². The molecular formula is C6H4Cl4O. The minimum absolute atomic E-state index is 0.209. The molecule has 2 unspecified atom stereocenters. The number of alkyl halides is 2. The first-order chi connectivity index (χ1) is 4.93.